The van der Waals surface area contributed by atoms with Gasteiger partial charge in [-0.05, 0) is 17.7 Å². The Morgan fingerprint density at radius 3 is 2.08 bits per heavy atom. The van der Waals surface area contributed by atoms with Gasteiger partial charge in [0.25, 0.3) is 0 Å². The first-order chi connectivity index (χ1) is 11.7. The summed E-state index contributed by atoms with van der Waals surface area (Å²) < 4.78 is 5.23. The summed E-state index contributed by atoms with van der Waals surface area (Å²) in [6.07, 6.45) is -5.90. The van der Waals surface area contributed by atoms with Crippen molar-refractivity contribution in [3.05, 3.63) is 29.8 Å². The molecule has 0 saturated heterocycles. The monoisotopic (exact) mass is 394 g/mol. The van der Waals surface area contributed by atoms with Crippen molar-refractivity contribution < 1.29 is 30.3 Å². The molecule has 0 fully saturated rings. The Bertz CT molecular complexity index is 487. The number of hydrogen-bond acceptors (Lipinski definition) is 8. The van der Waals surface area contributed by atoms with Crippen molar-refractivity contribution in [1.29, 1.82) is 0 Å². The molecule has 25 heavy (non-hydrogen) atoms. The van der Waals surface area contributed by atoms with Crippen LogP contribution in [-0.2, 0) is 6.54 Å². The van der Waals surface area contributed by atoms with Crippen molar-refractivity contribution in [3.8, 4) is 5.75 Å². The molecule has 0 aromatic heterocycles. The van der Waals surface area contributed by atoms with Crippen molar-refractivity contribution in [2.45, 2.75) is 31.0 Å². The predicted octanol–water partition coefficient (Wildman–Crippen LogP) is -1.62. The quantitative estimate of drug-likeness (QED) is 0.183. The normalized spacial score (nSPS) is 15.3. The van der Waals surface area contributed by atoms with Gasteiger partial charge in [0.1, 0.15) is 28.4 Å². The van der Waals surface area contributed by atoms with Crippen LogP contribution in [0.1, 0.15) is 5.56 Å². The second kappa shape index (κ2) is 13.3. The summed E-state index contributed by atoms with van der Waals surface area (Å²) >= 11 is 7.65. The summed E-state index contributed by atoms with van der Waals surface area (Å²) in [6.45, 7) is -0.195. The molecule has 0 bridgehead atoms. The zero-order valence-electron chi connectivity index (χ0n) is 13.8. The van der Waals surface area contributed by atoms with Crippen LogP contribution in [0.15, 0.2) is 24.3 Å². The van der Waals surface area contributed by atoms with E-state index < -0.39 is 31.0 Å². The lowest BCUT2D eigenvalue weighted by atomic mass is 10.0. The van der Waals surface area contributed by atoms with Gasteiger partial charge >= 0.3 is 0 Å². The minimum absolute atomic E-state index is 0.0302. The van der Waals surface area contributed by atoms with E-state index in [1.807, 2.05) is 24.3 Å². The number of benzene rings is 1. The minimum atomic E-state index is -1.60. The molecule has 144 valence electrons. The molecule has 0 amide bonds. The number of hydrogen-bond donors (Lipinski definition) is 8. The maximum Gasteiger partial charge on any atom is 0.128 e. The molecule has 0 radical (unpaired) electrons. The van der Waals surface area contributed by atoms with E-state index in [1.165, 1.54) is 0 Å². The van der Waals surface area contributed by atoms with Gasteiger partial charge in [-0.3, -0.25) is 0 Å². The zero-order chi connectivity index (χ0) is 19.4. The Morgan fingerprint density at radius 1 is 1.16 bits per heavy atom. The van der Waals surface area contributed by atoms with Gasteiger partial charge < -0.3 is 41.3 Å². The number of aliphatic hydroxyl groups excluding tert-OH is 5. The van der Waals surface area contributed by atoms with Crippen LogP contribution in [0.3, 0.4) is 0 Å². The highest BCUT2D eigenvalue weighted by molar-refractivity contribution is 8.10. The number of rotatable bonds is 9. The molecule has 4 atom stereocenters. The molecule has 0 unspecified atom stereocenters. The molecule has 0 heterocycles. The average Bonchev–Trinajstić information content (AvgIpc) is 2.59. The van der Waals surface area contributed by atoms with E-state index in [4.69, 9.17) is 15.6 Å². The van der Waals surface area contributed by atoms with E-state index in [9.17, 15) is 20.4 Å². The summed E-state index contributed by atoms with van der Waals surface area (Å²) in [5, 5.41) is 49.6. The SMILES string of the molecule is COc1ccc(CNC[C@H](O)[C@@H](O)[C@H](O)[C@H](O)CO)cc1.NC(=S)S. The smallest absolute Gasteiger partial charge is 0.128 e. The van der Waals surface area contributed by atoms with Crippen LogP contribution >= 0.6 is 24.8 Å². The average molecular weight is 395 g/mol. The highest BCUT2D eigenvalue weighted by atomic mass is 32.1. The first-order valence-corrected chi connectivity index (χ1v) is 8.23. The number of nitrogens with one attached hydrogen (secondary N) is 1. The molecule has 8 N–H and O–H groups in total. The Balaban J connectivity index is 0.00000129. The maximum absolute atomic E-state index is 9.71. The minimum Gasteiger partial charge on any atom is -0.497 e. The van der Waals surface area contributed by atoms with Crippen molar-refractivity contribution in [3.63, 3.8) is 0 Å². The fourth-order valence-corrected chi connectivity index (χ4v) is 1.79. The highest BCUT2D eigenvalue weighted by Gasteiger charge is 2.29. The molecule has 0 aliphatic carbocycles. The Hall–Kier alpha value is -0.980. The molecule has 1 rings (SSSR count). The third kappa shape index (κ3) is 10.6. The molecule has 0 saturated carbocycles. The molecular weight excluding hydrogens is 368 g/mol. The number of nitrogens with two attached hydrogens (primary N) is 1. The highest BCUT2D eigenvalue weighted by Crippen LogP contribution is 2.11. The van der Waals surface area contributed by atoms with Crippen molar-refractivity contribution in [2.75, 3.05) is 20.3 Å². The summed E-state index contributed by atoms with van der Waals surface area (Å²) in [6, 6.07) is 7.34. The van der Waals surface area contributed by atoms with Crippen LogP contribution in [-0.4, -0.2) is 74.5 Å². The van der Waals surface area contributed by atoms with E-state index in [0.717, 1.165) is 11.3 Å². The summed E-state index contributed by atoms with van der Waals surface area (Å²) in [5.41, 5.74) is 5.67. The van der Waals surface area contributed by atoms with Gasteiger partial charge in [-0.1, -0.05) is 24.4 Å². The van der Waals surface area contributed by atoms with Crippen molar-refractivity contribution in [2.24, 2.45) is 5.73 Å². The number of methoxy groups -OCH3 is 1. The van der Waals surface area contributed by atoms with Crippen LogP contribution in [0.2, 0.25) is 0 Å². The van der Waals surface area contributed by atoms with Gasteiger partial charge in [0, 0.05) is 13.1 Å². The molecule has 8 nitrogen and oxygen atoms in total. The molecule has 0 spiro atoms. The zero-order valence-corrected chi connectivity index (χ0v) is 15.5. The lowest BCUT2D eigenvalue weighted by Gasteiger charge is -2.25. The molecule has 0 aliphatic rings. The Kier molecular flexibility index (Phi) is 12.7. The van der Waals surface area contributed by atoms with Crippen LogP contribution in [0.25, 0.3) is 0 Å². The van der Waals surface area contributed by atoms with Crippen LogP contribution < -0.4 is 15.8 Å². The first-order valence-electron chi connectivity index (χ1n) is 7.38. The van der Waals surface area contributed by atoms with E-state index in [-0.39, 0.29) is 10.9 Å². The molecule has 0 aliphatic heterocycles. The number of ether oxygens (including phenoxy) is 1. The number of aliphatic hydroxyl groups is 5. The van der Waals surface area contributed by atoms with Crippen LogP contribution in [0.5, 0.6) is 5.75 Å². The Labute approximate surface area is 157 Å². The van der Waals surface area contributed by atoms with Gasteiger partial charge in [-0.2, -0.15) is 0 Å². The lowest BCUT2D eigenvalue weighted by Crippen LogP contribution is -2.48. The van der Waals surface area contributed by atoms with Crippen LogP contribution in [0, 0.1) is 0 Å². The van der Waals surface area contributed by atoms with Gasteiger partial charge in [0.05, 0.1) is 19.8 Å². The lowest BCUT2D eigenvalue weighted by molar-refractivity contribution is -0.114. The number of thiocarbonyl (C=S) groups is 1. The van der Waals surface area contributed by atoms with Gasteiger partial charge in [-0.15, -0.1) is 12.6 Å². The molecule has 10 heteroatoms. The van der Waals surface area contributed by atoms with Gasteiger partial charge in [-0.25, -0.2) is 0 Å². The molecule has 1 aromatic carbocycles. The van der Waals surface area contributed by atoms with E-state index in [1.54, 1.807) is 7.11 Å². The third-order valence-corrected chi connectivity index (χ3v) is 3.17. The largest absolute Gasteiger partial charge is 0.497 e. The van der Waals surface area contributed by atoms with Crippen molar-refractivity contribution in [1.82, 2.24) is 5.32 Å². The fraction of sp³-hybridized carbons (Fsp3) is 0.533. The summed E-state index contributed by atoms with van der Waals surface area (Å²) in [7, 11) is 1.58. The van der Waals surface area contributed by atoms with Gasteiger partial charge in [0.2, 0.25) is 0 Å². The Morgan fingerprint density at radius 2 is 1.64 bits per heavy atom. The van der Waals surface area contributed by atoms with E-state index >= 15 is 0 Å². The molecular formula is C15H26N2O6S2. The first kappa shape index (κ1) is 24.0. The second-order valence-electron chi connectivity index (χ2n) is 5.12. The topological polar surface area (TPSA) is 148 Å². The summed E-state index contributed by atoms with van der Waals surface area (Å²) in [5.74, 6) is 0.746. The standard InChI is InChI=1S/C14H23NO6.CH3NS2/c1-21-10-4-2-9(3-5-10)6-15-7-11(17)13(19)14(20)12(18)8-16;2-1(3)4/h2-5,11-20H,6-8H2,1H3;(H3,2,3,4)/t11-,12+,13+,14+;/m0./s1. The third-order valence-electron chi connectivity index (χ3n) is 3.17. The summed E-state index contributed by atoms with van der Waals surface area (Å²) in [4.78, 5) is 0. The predicted molar refractivity (Wildman–Crippen MR) is 102 cm³/mol. The maximum atomic E-state index is 9.71. The number of thiol groups is 1. The molecule has 1 aromatic rings. The van der Waals surface area contributed by atoms with E-state index in [0.29, 0.717) is 6.54 Å². The van der Waals surface area contributed by atoms with E-state index in [2.05, 4.69) is 30.2 Å². The van der Waals surface area contributed by atoms with Crippen molar-refractivity contribution >= 4 is 29.2 Å². The fourth-order valence-electron chi connectivity index (χ4n) is 1.79. The van der Waals surface area contributed by atoms with Crippen LogP contribution in [0.4, 0.5) is 0 Å². The van der Waals surface area contributed by atoms with Gasteiger partial charge in [0.15, 0.2) is 0 Å². The second-order valence-corrected chi connectivity index (χ2v) is 6.34.